The van der Waals surface area contributed by atoms with E-state index in [0.717, 1.165) is 3.57 Å². The zero-order valence-electron chi connectivity index (χ0n) is 11.4. The summed E-state index contributed by atoms with van der Waals surface area (Å²) in [7, 11) is 0. The standard InChI is InChI=1S/C16H11IN2O2S/c17-11-6-8-13(9-7-11)19-15(21)10-14(20)18(16(19)22)12-4-2-1-3-5-12/h1-9H,10H2. The second-order valence-electron chi connectivity index (χ2n) is 4.73. The van der Waals surface area contributed by atoms with E-state index in [2.05, 4.69) is 22.6 Å². The molecule has 0 spiro atoms. The molecule has 0 atom stereocenters. The highest BCUT2D eigenvalue weighted by Gasteiger charge is 2.36. The maximum atomic E-state index is 12.3. The summed E-state index contributed by atoms with van der Waals surface area (Å²) in [6, 6.07) is 16.6. The Morgan fingerprint density at radius 1 is 0.818 bits per heavy atom. The lowest BCUT2D eigenvalue weighted by atomic mass is 10.2. The average molecular weight is 422 g/mol. The normalized spacial score (nSPS) is 15.4. The van der Waals surface area contributed by atoms with E-state index >= 15 is 0 Å². The van der Waals surface area contributed by atoms with Gasteiger partial charge in [0.2, 0.25) is 11.8 Å². The Labute approximate surface area is 146 Å². The first-order chi connectivity index (χ1) is 10.6. The van der Waals surface area contributed by atoms with E-state index in [0.29, 0.717) is 11.4 Å². The van der Waals surface area contributed by atoms with Crippen LogP contribution in [-0.4, -0.2) is 16.9 Å². The Kier molecular flexibility index (Phi) is 4.21. The number of anilines is 2. The Bertz CT molecular complexity index is 747. The zero-order valence-corrected chi connectivity index (χ0v) is 14.4. The molecule has 1 heterocycles. The topological polar surface area (TPSA) is 40.6 Å². The molecule has 3 rings (SSSR count). The highest BCUT2D eigenvalue weighted by molar-refractivity contribution is 14.1. The molecule has 0 unspecified atom stereocenters. The van der Waals surface area contributed by atoms with Crippen LogP contribution in [0.2, 0.25) is 0 Å². The lowest BCUT2D eigenvalue weighted by Crippen LogP contribution is -2.55. The minimum absolute atomic E-state index is 0.189. The van der Waals surface area contributed by atoms with Gasteiger partial charge < -0.3 is 0 Å². The van der Waals surface area contributed by atoms with Crippen LogP contribution in [0.4, 0.5) is 11.4 Å². The second kappa shape index (κ2) is 6.13. The molecular weight excluding hydrogens is 411 g/mol. The van der Waals surface area contributed by atoms with Crippen LogP contribution in [0.1, 0.15) is 6.42 Å². The smallest absolute Gasteiger partial charge is 0.242 e. The fraction of sp³-hybridized carbons (Fsp3) is 0.0625. The van der Waals surface area contributed by atoms with Gasteiger partial charge in [-0.3, -0.25) is 19.4 Å². The second-order valence-corrected chi connectivity index (χ2v) is 6.34. The molecule has 110 valence electrons. The fourth-order valence-corrected chi connectivity index (χ4v) is 3.05. The van der Waals surface area contributed by atoms with Gasteiger partial charge in [0, 0.05) is 3.57 Å². The number of amides is 2. The third-order valence-corrected chi connectivity index (χ3v) is 4.37. The van der Waals surface area contributed by atoms with Crippen molar-refractivity contribution < 1.29 is 9.59 Å². The van der Waals surface area contributed by atoms with Crippen molar-refractivity contribution in [2.75, 3.05) is 9.80 Å². The summed E-state index contributed by atoms with van der Waals surface area (Å²) < 4.78 is 1.06. The lowest BCUT2D eigenvalue weighted by Gasteiger charge is -2.35. The van der Waals surface area contributed by atoms with Crippen LogP contribution < -0.4 is 9.80 Å². The van der Waals surface area contributed by atoms with Crippen molar-refractivity contribution in [1.82, 2.24) is 0 Å². The molecule has 2 aromatic carbocycles. The first kappa shape index (κ1) is 15.1. The van der Waals surface area contributed by atoms with Crippen molar-refractivity contribution in [2.24, 2.45) is 0 Å². The Hall–Kier alpha value is -1.80. The van der Waals surface area contributed by atoms with Crippen LogP contribution in [0.15, 0.2) is 54.6 Å². The van der Waals surface area contributed by atoms with Crippen molar-refractivity contribution in [3.05, 3.63) is 58.2 Å². The van der Waals surface area contributed by atoms with Crippen LogP contribution in [0.5, 0.6) is 0 Å². The van der Waals surface area contributed by atoms with Gasteiger partial charge in [0.25, 0.3) is 0 Å². The minimum atomic E-state index is -0.303. The third kappa shape index (κ3) is 2.76. The molecule has 2 amide bonds. The third-order valence-electron chi connectivity index (χ3n) is 3.28. The summed E-state index contributed by atoms with van der Waals surface area (Å²) >= 11 is 7.60. The number of para-hydroxylation sites is 1. The predicted molar refractivity (Wildman–Crippen MR) is 97.8 cm³/mol. The minimum Gasteiger partial charge on any atom is -0.273 e. The van der Waals surface area contributed by atoms with E-state index in [4.69, 9.17) is 12.2 Å². The van der Waals surface area contributed by atoms with Crippen LogP contribution in [0.3, 0.4) is 0 Å². The first-order valence-corrected chi connectivity index (χ1v) is 8.07. The van der Waals surface area contributed by atoms with E-state index in [1.807, 2.05) is 42.5 Å². The number of halogens is 1. The van der Waals surface area contributed by atoms with Gasteiger partial charge in [-0.1, -0.05) is 18.2 Å². The molecule has 0 aliphatic carbocycles. The molecule has 1 saturated heterocycles. The summed E-state index contributed by atoms with van der Waals surface area (Å²) in [5, 5.41) is 0.189. The molecule has 1 aliphatic rings. The largest absolute Gasteiger partial charge is 0.273 e. The van der Waals surface area contributed by atoms with Crippen LogP contribution in [-0.2, 0) is 9.59 Å². The lowest BCUT2D eigenvalue weighted by molar-refractivity contribution is -0.126. The highest BCUT2D eigenvalue weighted by Crippen LogP contribution is 2.26. The molecule has 0 bridgehead atoms. The van der Waals surface area contributed by atoms with Crippen molar-refractivity contribution >= 4 is 63.1 Å². The molecular formula is C16H11IN2O2S. The molecule has 0 N–H and O–H groups in total. The Morgan fingerprint density at radius 3 is 1.86 bits per heavy atom. The zero-order chi connectivity index (χ0) is 15.7. The molecule has 1 fully saturated rings. The number of carbonyl (C=O) groups is 2. The number of rotatable bonds is 2. The van der Waals surface area contributed by atoms with Gasteiger partial charge in [0.1, 0.15) is 6.42 Å². The number of nitrogens with zero attached hydrogens (tertiary/aromatic N) is 2. The van der Waals surface area contributed by atoms with Gasteiger partial charge >= 0.3 is 0 Å². The maximum Gasteiger partial charge on any atom is 0.242 e. The van der Waals surface area contributed by atoms with E-state index in [-0.39, 0.29) is 23.3 Å². The van der Waals surface area contributed by atoms with Crippen LogP contribution in [0.25, 0.3) is 0 Å². The molecule has 0 saturated carbocycles. The summed E-state index contributed by atoms with van der Waals surface area (Å²) in [4.78, 5) is 27.3. The summed E-state index contributed by atoms with van der Waals surface area (Å²) in [6.45, 7) is 0. The molecule has 0 aromatic heterocycles. The van der Waals surface area contributed by atoms with Crippen molar-refractivity contribution in [3.63, 3.8) is 0 Å². The Morgan fingerprint density at radius 2 is 1.32 bits per heavy atom. The highest BCUT2D eigenvalue weighted by atomic mass is 127. The molecule has 6 heteroatoms. The molecule has 2 aromatic rings. The number of hydrogen-bond donors (Lipinski definition) is 0. The number of carbonyl (C=O) groups excluding carboxylic acids is 2. The predicted octanol–water partition coefficient (Wildman–Crippen LogP) is 3.35. The first-order valence-electron chi connectivity index (χ1n) is 6.58. The number of thiocarbonyl (C=S) groups is 1. The Balaban J connectivity index is 2.01. The molecule has 22 heavy (non-hydrogen) atoms. The fourth-order valence-electron chi connectivity index (χ4n) is 2.28. The molecule has 0 radical (unpaired) electrons. The van der Waals surface area contributed by atoms with Crippen LogP contribution in [0, 0.1) is 3.57 Å². The summed E-state index contributed by atoms with van der Waals surface area (Å²) in [5.74, 6) is -0.605. The monoisotopic (exact) mass is 422 g/mol. The van der Waals surface area contributed by atoms with Crippen molar-refractivity contribution in [1.29, 1.82) is 0 Å². The van der Waals surface area contributed by atoms with Gasteiger partial charge in [-0.25, -0.2) is 0 Å². The van der Waals surface area contributed by atoms with Crippen molar-refractivity contribution in [3.8, 4) is 0 Å². The van der Waals surface area contributed by atoms with Gasteiger partial charge in [0.15, 0.2) is 5.11 Å². The van der Waals surface area contributed by atoms with Crippen molar-refractivity contribution in [2.45, 2.75) is 6.42 Å². The van der Waals surface area contributed by atoms with Gasteiger partial charge in [-0.05, 0) is 71.2 Å². The van der Waals surface area contributed by atoms with E-state index in [9.17, 15) is 9.59 Å². The van der Waals surface area contributed by atoms with Gasteiger partial charge in [0.05, 0.1) is 11.4 Å². The van der Waals surface area contributed by atoms with E-state index < -0.39 is 0 Å². The van der Waals surface area contributed by atoms with Crippen LogP contribution >= 0.6 is 34.8 Å². The van der Waals surface area contributed by atoms with Gasteiger partial charge in [-0.15, -0.1) is 0 Å². The van der Waals surface area contributed by atoms with E-state index in [1.165, 1.54) is 9.80 Å². The van der Waals surface area contributed by atoms with Gasteiger partial charge in [-0.2, -0.15) is 0 Å². The van der Waals surface area contributed by atoms with E-state index in [1.54, 1.807) is 12.1 Å². The average Bonchev–Trinajstić information content (AvgIpc) is 2.50. The molecule has 4 nitrogen and oxygen atoms in total. The summed E-state index contributed by atoms with van der Waals surface area (Å²) in [6.07, 6.45) is -0.193. The maximum absolute atomic E-state index is 12.3. The summed E-state index contributed by atoms with van der Waals surface area (Å²) in [5.41, 5.74) is 1.34. The number of benzene rings is 2. The number of hydrogen-bond acceptors (Lipinski definition) is 3. The SMILES string of the molecule is O=C1CC(=O)N(c2ccc(I)cc2)C(=S)N1c1ccccc1. The molecule has 1 aliphatic heterocycles. The quantitative estimate of drug-likeness (QED) is 0.424.